The van der Waals surface area contributed by atoms with Crippen LogP contribution in [0.1, 0.15) is 45.7 Å². The number of nitrogen functional groups attached to an aromatic ring is 2. The van der Waals surface area contributed by atoms with E-state index in [1.165, 1.54) is 34.4 Å². The monoisotopic (exact) mass is 1000 g/mol. The number of nitrogens with one attached hydrogen (secondary N) is 2. The second kappa shape index (κ2) is 35.5. The van der Waals surface area contributed by atoms with Crippen LogP contribution in [0.25, 0.3) is 0 Å². The predicted molar refractivity (Wildman–Crippen MR) is 204 cm³/mol. The fourth-order valence-corrected chi connectivity index (χ4v) is 3.02. The molecule has 4 rings (SSSR count). The van der Waals surface area contributed by atoms with E-state index in [-0.39, 0.29) is 66.1 Å². The number of carboxylic acid groups (broad SMARTS) is 2. The first-order chi connectivity index (χ1) is 26.4. The summed E-state index contributed by atoms with van der Waals surface area (Å²) in [6.07, 6.45) is 4.11. The number of nitrogens with zero attached hydrogens (tertiary/aromatic N) is 4. The molecule has 0 fully saturated rings. The molecule has 0 unspecified atom stereocenters. The van der Waals surface area contributed by atoms with E-state index in [1.807, 2.05) is 0 Å². The summed E-state index contributed by atoms with van der Waals surface area (Å²) < 4.78 is 0. The van der Waals surface area contributed by atoms with Crippen LogP contribution >= 0.6 is 0 Å². The molecule has 0 aliphatic heterocycles. The molecule has 18 nitrogen and oxygen atoms in total. The zero-order valence-corrected chi connectivity index (χ0v) is 41.1. The molecule has 4 amide bonds. The molecule has 0 heterocycles. The summed E-state index contributed by atoms with van der Waals surface area (Å²) in [5.41, 5.74) is 18.2. The van der Waals surface area contributed by atoms with Crippen LogP contribution in [0.2, 0.25) is 0 Å². The number of anilines is 2. The van der Waals surface area contributed by atoms with Crippen molar-refractivity contribution in [2.75, 3.05) is 39.7 Å². The Hall–Kier alpha value is -5.92. The summed E-state index contributed by atoms with van der Waals surface area (Å²) in [6, 6.07) is 26.2. The smallest absolute Gasteiger partial charge is 0.872 e. The molecular formula is C38H44Cd2N8O10. The first kappa shape index (κ1) is 58.8. The Labute approximate surface area is 376 Å². The van der Waals surface area contributed by atoms with Gasteiger partial charge in [-0.25, -0.2) is 10.9 Å². The molecule has 0 saturated heterocycles. The van der Waals surface area contributed by atoms with E-state index in [9.17, 15) is 29.4 Å². The number of hydrogen-bond acceptors (Lipinski definition) is 14. The summed E-state index contributed by atoms with van der Waals surface area (Å²) >= 11 is 0. The van der Waals surface area contributed by atoms with Crippen LogP contribution in [-0.4, -0.2) is 87.0 Å². The fourth-order valence-electron chi connectivity index (χ4n) is 3.02. The predicted octanol–water partition coefficient (Wildman–Crippen LogP) is -0.871. The van der Waals surface area contributed by atoms with E-state index < -0.39 is 23.8 Å². The molecule has 6 N–H and O–H groups in total. The van der Waals surface area contributed by atoms with Crippen molar-refractivity contribution in [2.24, 2.45) is 10.2 Å². The Bertz CT molecular complexity index is 1750. The first-order valence-corrected chi connectivity index (χ1v) is 15.8. The number of carbonyl (C=O) groups excluding carboxylic acids is 6. The van der Waals surface area contributed by atoms with Gasteiger partial charge in [0, 0.05) is 51.5 Å². The molecule has 300 valence electrons. The van der Waals surface area contributed by atoms with Crippen LogP contribution in [0.15, 0.2) is 107 Å². The first-order valence-electron chi connectivity index (χ1n) is 15.8. The van der Waals surface area contributed by atoms with E-state index in [0.717, 1.165) is 26.7 Å². The van der Waals surface area contributed by atoms with Gasteiger partial charge in [-0.05, 0) is 49.2 Å². The van der Waals surface area contributed by atoms with E-state index in [0.29, 0.717) is 33.6 Å². The summed E-state index contributed by atoms with van der Waals surface area (Å²) in [6.45, 7) is 1.94. The van der Waals surface area contributed by atoms with Crippen LogP contribution in [0, 0.1) is 0 Å². The topological polar surface area (TPSA) is 302 Å². The number of benzene rings is 4. The van der Waals surface area contributed by atoms with Gasteiger partial charge in [-0.3, -0.25) is 19.2 Å². The molecule has 0 radical (unpaired) electrons. The minimum atomic E-state index is -1.08. The SMILES string of the molecule is CC(=O)[O-].CC(=O)[O-].CN(C)C=O.CN(C)C=O.Nc1ccccc1C(=O)N/N=C/c1ccccc1[O-].Nc1ccccc1C(=O)N/N=C/c1ccccc1[O-].[Cd+2].[Cd+2]. The van der Waals surface area contributed by atoms with Gasteiger partial charge >= 0.3 is 54.6 Å². The third kappa shape index (κ3) is 31.3. The Morgan fingerprint density at radius 3 is 1.03 bits per heavy atom. The summed E-state index contributed by atoms with van der Waals surface area (Å²) in [7, 11) is 6.75. The molecule has 0 saturated carbocycles. The quantitative estimate of drug-likeness (QED) is 0.0551. The van der Waals surface area contributed by atoms with Crippen molar-refractivity contribution in [1.82, 2.24) is 20.7 Å². The Balaban J connectivity index is -0.000000348. The number of nitrogens with two attached hydrogens (primary N) is 2. The average molecular weight is 998 g/mol. The zero-order chi connectivity index (χ0) is 43.1. The average Bonchev–Trinajstić information content (AvgIpc) is 3.14. The number of aliphatic carboxylic acids is 2. The zero-order valence-electron chi connectivity index (χ0n) is 33.0. The molecule has 0 aliphatic carbocycles. The molecule has 0 aliphatic rings. The maximum atomic E-state index is 11.8. The van der Waals surface area contributed by atoms with Crippen molar-refractivity contribution in [3.63, 3.8) is 0 Å². The van der Waals surface area contributed by atoms with Crippen LogP contribution in [-0.2, 0) is 73.8 Å². The van der Waals surface area contributed by atoms with Crippen LogP contribution in [0.3, 0.4) is 0 Å². The summed E-state index contributed by atoms with van der Waals surface area (Å²) in [4.78, 5) is 63.0. The maximum Gasteiger partial charge on any atom is 2.00 e. The molecule has 20 heteroatoms. The number of carboxylic acids is 2. The van der Waals surface area contributed by atoms with E-state index in [2.05, 4.69) is 21.1 Å². The molecule has 58 heavy (non-hydrogen) atoms. The van der Waals surface area contributed by atoms with Crippen LogP contribution < -0.4 is 42.7 Å². The molecule has 0 atom stereocenters. The second-order valence-corrected chi connectivity index (χ2v) is 10.8. The minimum Gasteiger partial charge on any atom is -0.872 e. The third-order valence-corrected chi connectivity index (χ3v) is 5.41. The van der Waals surface area contributed by atoms with Gasteiger partial charge in [0.05, 0.1) is 23.6 Å². The molecule has 0 aromatic heterocycles. The fraction of sp³-hybridized carbons (Fsp3) is 0.158. The van der Waals surface area contributed by atoms with Gasteiger partial charge in [-0.1, -0.05) is 84.3 Å². The standard InChI is InChI=1S/2C14H13N3O2.2C3H7NO.2C2H4O2.2Cd/c2*15-12-7-3-2-6-11(12)14(19)17-16-9-10-5-1-4-8-13(10)18;2*1-4(2)3-5;2*1-2(3)4;;/h2*1-9,18H,15H2,(H,17,19);2*3H,1-2H3;2*1H3,(H,3,4);;/q;;;;;;2*+2/p-4/b2*16-9+;;;;;;. The molecule has 0 spiro atoms. The van der Waals surface area contributed by atoms with Crippen molar-refractivity contribution in [3.05, 3.63) is 119 Å². The van der Waals surface area contributed by atoms with Crippen molar-refractivity contribution >= 4 is 60.4 Å². The minimum absolute atomic E-state index is 0. The normalized spacial score (nSPS) is 8.93. The molecule has 4 aromatic carbocycles. The van der Waals surface area contributed by atoms with Crippen molar-refractivity contribution < 1.29 is 104 Å². The Morgan fingerprint density at radius 1 is 0.552 bits per heavy atom. The van der Waals surface area contributed by atoms with Crippen molar-refractivity contribution in [1.29, 1.82) is 0 Å². The number of para-hydroxylation sites is 4. The van der Waals surface area contributed by atoms with E-state index >= 15 is 0 Å². The van der Waals surface area contributed by atoms with Crippen molar-refractivity contribution in [3.8, 4) is 11.5 Å². The van der Waals surface area contributed by atoms with E-state index in [1.54, 1.807) is 113 Å². The van der Waals surface area contributed by atoms with Gasteiger partial charge in [0.25, 0.3) is 11.8 Å². The van der Waals surface area contributed by atoms with Gasteiger partial charge in [0.2, 0.25) is 12.8 Å². The largest absolute Gasteiger partial charge is 2.00 e. The van der Waals surface area contributed by atoms with Crippen LogP contribution in [0.4, 0.5) is 11.4 Å². The Morgan fingerprint density at radius 2 is 0.793 bits per heavy atom. The summed E-state index contributed by atoms with van der Waals surface area (Å²) in [5.74, 6) is -3.31. The second-order valence-electron chi connectivity index (χ2n) is 10.8. The van der Waals surface area contributed by atoms with Gasteiger partial charge in [-0.15, -0.1) is 0 Å². The molecular weight excluding hydrogens is 953 g/mol. The number of hydrazone groups is 2. The van der Waals surface area contributed by atoms with Gasteiger partial charge in [-0.2, -0.15) is 10.2 Å². The number of amides is 4. The van der Waals surface area contributed by atoms with Gasteiger partial charge in [0.15, 0.2) is 0 Å². The number of hydrogen-bond donors (Lipinski definition) is 4. The number of carbonyl (C=O) groups is 6. The summed E-state index contributed by atoms with van der Waals surface area (Å²) in [5, 5.41) is 48.0. The maximum absolute atomic E-state index is 11.8. The molecule has 0 bridgehead atoms. The van der Waals surface area contributed by atoms with Crippen molar-refractivity contribution in [2.45, 2.75) is 13.8 Å². The van der Waals surface area contributed by atoms with Crippen LogP contribution in [0.5, 0.6) is 11.5 Å². The van der Waals surface area contributed by atoms with Gasteiger partial charge < -0.3 is 51.3 Å². The number of rotatable bonds is 8. The molecule has 4 aromatic rings. The third-order valence-electron chi connectivity index (χ3n) is 5.41. The Kier molecular flexibility index (Phi) is 36.0. The van der Waals surface area contributed by atoms with Gasteiger partial charge in [0.1, 0.15) is 0 Å². The van der Waals surface area contributed by atoms with E-state index in [4.69, 9.17) is 31.3 Å².